The predicted octanol–water partition coefficient (Wildman–Crippen LogP) is 5.98. The van der Waals surface area contributed by atoms with Crippen LogP contribution in [-0.2, 0) is 22.3 Å². The van der Waals surface area contributed by atoms with Gasteiger partial charge in [-0.25, -0.2) is 0 Å². The van der Waals surface area contributed by atoms with E-state index in [1.54, 1.807) is 0 Å². The standard InChI is InChI=1S/C22H26I2O4/c1-3-25-15-27-21-17(11-7-13-19(21)23)9-5-6-10-18-12-8-14-20(24)22(18)28-16-26-4-2/h5-8,11-14H,3-4,9-10,15-16H2,1-2H3/b6-5+. The van der Waals surface area contributed by atoms with Crippen molar-refractivity contribution in [2.45, 2.75) is 26.7 Å². The molecule has 2 aromatic rings. The fraction of sp³-hybridized carbons (Fsp3) is 0.364. The number of rotatable bonds is 12. The van der Waals surface area contributed by atoms with Crippen molar-refractivity contribution in [3.05, 3.63) is 66.8 Å². The number of hydrogen-bond acceptors (Lipinski definition) is 4. The van der Waals surface area contributed by atoms with Crippen molar-refractivity contribution in [2.24, 2.45) is 0 Å². The Balaban J connectivity index is 2.01. The van der Waals surface area contributed by atoms with Gasteiger partial charge in [-0.15, -0.1) is 0 Å². The molecule has 0 aromatic heterocycles. The van der Waals surface area contributed by atoms with E-state index in [9.17, 15) is 0 Å². The second kappa shape index (κ2) is 13.4. The summed E-state index contributed by atoms with van der Waals surface area (Å²) in [5, 5.41) is 0. The topological polar surface area (TPSA) is 36.9 Å². The molecule has 0 aliphatic carbocycles. The average molecular weight is 608 g/mol. The third kappa shape index (κ3) is 7.53. The molecule has 0 unspecified atom stereocenters. The van der Waals surface area contributed by atoms with Crippen LogP contribution in [0, 0.1) is 7.14 Å². The predicted molar refractivity (Wildman–Crippen MR) is 129 cm³/mol. The van der Waals surface area contributed by atoms with E-state index < -0.39 is 0 Å². The summed E-state index contributed by atoms with van der Waals surface area (Å²) in [5.41, 5.74) is 2.30. The Bertz CT molecular complexity index is 699. The minimum atomic E-state index is 0.274. The molecule has 0 fully saturated rings. The van der Waals surface area contributed by atoms with Gasteiger partial charge in [0, 0.05) is 13.2 Å². The van der Waals surface area contributed by atoms with Crippen molar-refractivity contribution in [1.29, 1.82) is 0 Å². The molecule has 0 saturated heterocycles. The van der Waals surface area contributed by atoms with Crippen LogP contribution in [0.25, 0.3) is 0 Å². The summed E-state index contributed by atoms with van der Waals surface area (Å²) in [6.45, 7) is 5.75. The number of ether oxygens (including phenoxy) is 4. The summed E-state index contributed by atoms with van der Waals surface area (Å²) in [4.78, 5) is 0. The summed E-state index contributed by atoms with van der Waals surface area (Å²) in [7, 11) is 0. The van der Waals surface area contributed by atoms with E-state index in [-0.39, 0.29) is 13.6 Å². The normalized spacial score (nSPS) is 11.1. The lowest BCUT2D eigenvalue weighted by Crippen LogP contribution is -2.05. The molecular formula is C22H26I2O4. The van der Waals surface area contributed by atoms with Gasteiger partial charge < -0.3 is 18.9 Å². The monoisotopic (exact) mass is 608 g/mol. The second-order valence-corrected chi connectivity index (χ2v) is 8.17. The Labute approximate surface area is 194 Å². The quantitative estimate of drug-likeness (QED) is 0.129. The number of benzene rings is 2. The highest BCUT2D eigenvalue weighted by atomic mass is 127. The van der Waals surface area contributed by atoms with Gasteiger partial charge >= 0.3 is 0 Å². The molecule has 28 heavy (non-hydrogen) atoms. The Morgan fingerprint density at radius 3 is 1.54 bits per heavy atom. The van der Waals surface area contributed by atoms with E-state index in [1.165, 1.54) is 0 Å². The summed E-state index contributed by atoms with van der Waals surface area (Å²) in [6, 6.07) is 12.4. The molecule has 0 amide bonds. The Kier molecular flexibility index (Phi) is 11.2. The van der Waals surface area contributed by atoms with Crippen LogP contribution in [0.5, 0.6) is 11.5 Å². The lowest BCUT2D eigenvalue weighted by molar-refractivity contribution is 0.0211. The van der Waals surface area contributed by atoms with Crippen LogP contribution >= 0.6 is 45.2 Å². The smallest absolute Gasteiger partial charge is 0.189 e. The molecule has 0 aliphatic heterocycles. The van der Waals surface area contributed by atoms with Gasteiger partial charge in [-0.05, 0) is 95.1 Å². The molecule has 0 aliphatic rings. The van der Waals surface area contributed by atoms with Gasteiger partial charge in [0.2, 0.25) is 0 Å². The van der Waals surface area contributed by atoms with Crippen molar-refractivity contribution in [1.82, 2.24) is 0 Å². The molecular weight excluding hydrogens is 582 g/mol. The van der Waals surface area contributed by atoms with Gasteiger partial charge in [0.1, 0.15) is 11.5 Å². The van der Waals surface area contributed by atoms with Crippen LogP contribution in [-0.4, -0.2) is 26.8 Å². The largest absolute Gasteiger partial charge is 0.466 e. The molecule has 0 heterocycles. The van der Waals surface area contributed by atoms with Crippen LogP contribution in [0.4, 0.5) is 0 Å². The molecule has 0 N–H and O–H groups in total. The van der Waals surface area contributed by atoms with Crippen molar-refractivity contribution >= 4 is 45.2 Å². The average Bonchev–Trinajstić information content (AvgIpc) is 2.69. The zero-order valence-corrected chi connectivity index (χ0v) is 20.6. The Morgan fingerprint density at radius 1 is 0.714 bits per heavy atom. The van der Waals surface area contributed by atoms with Crippen LogP contribution in [0.3, 0.4) is 0 Å². The van der Waals surface area contributed by atoms with Crippen LogP contribution in [0.15, 0.2) is 48.6 Å². The lowest BCUT2D eigenvalue weighted by atomic mass is 10.1. The first kappa shape index (κ1) is 23.4. The fourth-order valence-corrected chi connectivity index (χ4v) is 3.96. The Hall–Kier alpha value is -0.840. The first-order chi connectivity index (χ1) is 13.7. The van der Waals surface area contributed by atoms with Crippen LogP contribution in [0.2, 0.25) is 0 Å². The molecule has 2 rings (SSSR count). The first-order valence-electron chi connectivity index (χ1n) is 9.28. The maximum Gasteiger partial charge on any atom is 0.189 e. The SMILES string of the molecule is CCOCOc1c(I)cccc1C/C=C/Cc1cccc(I)c1OCOCC. The van der Waals surface area contributed by atoms with Gasteiger partial charge in [-0.3, -0.25) is 0 Å². The van der Waals surface area contributed by atoms with E-state index in [2.05, 4.69) is 81.6 Å². The third-order valence-electron chi connectivity index (χ3n) is 3.92. The summed E-state index contributed by atoms with van der Waals surface area (Å²) >= 11 is 4.60. The minimum absolute atomic E-state index is 0.274. The van der Waals surface area contributed by atoms with E-state index in [4.69, 9.17) is 18.9 Å². The number of allylic oxidation sites excluding steroid dienone is 2. The fourth-order valence-electron chi connectivity index (χ4n) is 2.54. The second-order valence-electron chi connectivity index (χ2n) is 5.85. The lowest BCUT2D eigenvalue weighted by Gasteiger charge is -2.13. The highest BCUT2D eigenvalue weighted by molar-refractivity contribution is 14.1. The van der Waals surface area contributed by atoms with Gasteiger partial charge in [-0.2, -0.15) is 0 Å². The first-order valence-corrected chi connectivity index (χ1v) is 11.4. The zero-order chi connectivity index (χ0) is 20.2. The van der Waals surface area contributed by atoms with Crippen LogP contribution < -0.4 is 9.47 Å². The minimum Gasteiger partial charge on any atom is -0.466 e. The number of hydrogen-bond donors (Lipinski definition) is 0. The summed E-state index contributed by atoms with van der Waals surface area (Å²) < 4.78 is 24.5. The van der Waals surface area contributed by atoms with E-state index >= 15 is 0 Å². The van der Waals surface area contributed by atoms with E-state index in [0.29, 0.717) is 13.2 Å². The van der Waals surface area contributed by atoms with Gasteiger partial charge in [0.25, 0.3) is 0 Å². The van der Waals surface area contributed by atoms with Gasteiger partial charge in [0.05, 0.1) is 7.14 Å². The van der Waals surface area contributed by atoms with Gasteiger partial charge in [-0.1, -0.05) is 36.4 Å². The van der Waals surface area contributed by atoms with Crippen LogP contribution in [0.1, 0.15) is 25.0 Å². The molecule has 0 radical (unpaired) electrons. The Morgan fingerprint density at radius 2 is 1.14 bits per heavy atom. The summed E-state index contributed by atoms with van der Waals surface area (Å²) in [5.74, 6) is 1.80. The molecule has 0 spiro atoms. The van der Waals surface area contributed by atoms with Crippen molar-refractivity contribution in [2.75, 3.05) is 26.8 Å². The third-order valence-corrected chi connectivity index (χ3v) is 5.62. The maximum atomic E-state index is 5.81. The molecule has 6 heteroatoms. The molecule has 2 aromatic carbocycles. The molecule has 0 bridgehead atoms. The van der Waals surface area contributed by atoms with Gasteiger partial charge in [0.15, 0.2) is 13.6 Å². The number of halogens is 2. The highest BCUT2D eigenvalue weighted by Crippen LogP contribution is 2.28. The highest BCUT2D eigenvalue weighted by Gasteiger charge is 2.08. The zero-order valence-electron chi connectivity index (χ0n) is 16.3. The van der Waals surface area contributed by atoms with E-state index in [1.807, 2.05) is 26.0 Å². The maximum absolute atomic E-state index is 5.81. The molecule has 0 saturated carbocycles. The van der Waals surface area contributed by atoms with Crippen molar-refractivity contribution in [3.8, 4) is 11.5 Å². The molecule has 4 nitrogen and oxygen atoms in total. The van der Waals surface area contributed by atoms with Crippen molar-refractivity contribution < 1.29 is 18.9 Å². The van der Waals surface area contributed by atoms with Crippen molar-refractivity contribution in [3.63, 3.8) is 0 Å². The molecule has 152 valence electrons. The molecule has 0 atom stereocenters. The summed E-state index contributed by atoms with van der Waals surface area (Å²) in [6.07, 6.45) is 5.95. The van der Waals surface area contributed by atoms with E-state index in [0.717, 1.165) is 42.6 Å². The number of para-hydroxylation sites is 2.